The van der Waals surface area contributed by atoms with Gasteiger partial charge in [-0.05, 0) is 31.4 Å². The summed E-state index contributed by atoms with van der Waals surface area (Å²) in [6, 6.07) is 9.53. The van der Waals surface area contributed by atoms with Crippen molar-refractivity contribution in [2.24, 2.45) is 0 Å². The van der Waals surface area contributed by atoms with Crippen LogP contribution < -0.4 is 0 Å². The van der Waals surface area contributed by atoms with Gasteiger partial charge >= 0.3 is 0 Å². The summed E-state index contributed by atoms with van der Waals surface area (Å²) in [7, 11) is 3.60. The molecule has 1 unspecified atom stereocenters. The first-order chi connectivity index (χ1) is 8.09. The van der Waals surface area contributed by atoms with Crippen molar-refractivity contribution in [3.63, 3.8) is 0 Å². The lowest BCUT2D eigenvalue weighted by Gasteiger charge is -2.17. The van der Waals surface area contributed by atoms with Gasteiger partial charge in [0.05, 0.1) is 6.54 Å². The zero-order valence-electron chi connectivity index (χ0n) is 9.79. The van der Waals surface area contributed by atoms with Crippen molar-refractivity contribution in [3.05, 3.63) is 35.9 Å². The van der Waals surface area contributed by atoms with Gasteiger partial charge in [0.2, 0.25) is 0 Å². The van der Waals surface area contributed by atoms with Crippen LogP contribution in [0.15, 0.2) is 30.3 Å². The molecule has 0 saturated carbocycles. The van der Waals surface area contributed by atoms with Gasteiger partial charge in [-0.25, -0.2) is 0 Å². The van der Waals surface area contributed by atoms with Crippen molar-refractivity contribution in [2.45, 2.75) is 11.9 Å². The Balaban J connectivity index is 2.12. The third kappa shape index (κ3) is 2.50. The number of thioether (sulfide) groups is 1. The van der Waals surface area contributed by atoms with E-state index in [1.54, 1.807) is 19.0 Å². The van der Waals surface area contributed by atoms with Crippen molar-refractivity contribution in [1.82, 2.24) is 9.80 Å². The molecule has 17 heavy (non-hydrogen) atoms. The maximum atomic E-state index is 12.0. The molecule has 2 amide bonds. The van der Waals surface area contributed by atoms with Crippen LogP contribution in [-0.4, -0.2) is 40.4 Å². The Kier molecular flexibility index (Phi) is 3.49. The predicted molar refractivity (Wildman–Crippen MR) is 67.5 cm³/mol. The van der Waals surface area contributed by atoms with Crippen LogP contribution in [0.4, 0.5) is 4.79 Å². The highest BCUT2D eigenvalue weighted by Crippen LogP contribution is 2.29. The fourth-order valence-electron chi connectivity index (χ4n) is 1.67. The molecule has 1 saturated heterocycles. The lowest BCUT2D eigenvalue weighted by molar-refractivity contribution is -0.129. The lowest BCUT2D eigenvalue weighted by Crippen LogP contribution is -2.37. The molecule has 1 aromatic rings. The lowest BCUT2D eigenvalue weighted by atomic mass is 10.2. The van der Waals surface area contributed by atoms with Crippen LogP contribution in [0, 0.1) is 0 Å². The van der Waals surface area contributed by atoms with Crippen LogP contribution in [-0.2, 0) is 11.3 Å². The molecule has 1 fully saturated rings. The van der Waals surface area contributed by atoms with E-state index >= 15 is 0 Å². The second kappa shape index (κ2) is 4.89. The Bertz CT molecular complexity index is 433. The Labute approximate surface area is 105 Å². The van der Waals surface area contributed by atoms with Crippen molar-refractivity contribution in [1.29, 1.82) is 0 Å². The number of amides is 2. The Morgan fingerprint density at radius 3 is 2.41 bits per heavy atom. The number of benzene rings is 1. The Hall–Kier alpha value is -1.33. The summed E-state index contributed by atoms with van der Waals surface area (Å²) in [5.41, 5.74) is 0.967. The molecule has 0 radical (unpaired) electrons. The minimum absolute atomic E-state index is 0.131. The number of hydrogen-bond acceptors (Lipinski definition) is 4. The highest BCUT2D eigenvalue weighted by molar-refractivity contribution is 8.15. The zero-order chi connectivity index (χ0) is 12.4. The molecule has 2 rings (SSSR count). The molecule has 0 spiro atoms. The maximum absolute atomic E-state index is 12.0. The number of hydrogen-bond donors (Lipinski definition) is 0. The molecule has 1 aliphatic rings. The second-order valence-electron chi connectivity index (χ2n) is 4.11. The molecule has 1 aliphatic heterocycles. The average molecular weight is 250 g/mol. The van der Waals surface area contributed by atoms with Gasteiger partial charge in [0.15, 0.2) is 0 Å². The summed E-state index contributed by atoms with van der Waals surface area (Å²) in [6.45, 7) is 0.357. The summed E-state index contributed by atoms with van der Waals surface area (Å²) >= 11 is 1.07. The van der Waals surface area contributed by atoms with Gasteiger partial charge in [-0.2, -0.15) is 0 Å². The molecule has 5 heteroatoms. The minimum Gasteiger partial charge on any atom is -0.289 e. The van der Waals surface area contributed by atoms with E-state index in [9.17, 15) is 9.59 Å². The SMILES string of the molecule is CN(C)C1SC(=O)N(Cc2ccccc2)C1=O. The van der Waals surface area contributed by atoms with Gasteiger partial charge in [-0.15, -0.1) is 0 Å². The van der Waals surface area contributed by atoms with E-state index < -0.39 is 0 Å². The van der Waals surface area contributed by atoms with Gasteiger partial charge in [0, 0.05) is 0 Å². The smallest absolute Gasteiger partial charge is 0.289 e. The number of carbonyl (C=O) groups excluding carboxylic acids is 2. The molecular weight excluding hydrogens is 236 g/mol. The molecule has 0 aromatic heterocycles. The third-order valence-electron chi connectivity index (χ3n) is 2.56. The highest BCUT2D eigenvalue weighted by atomic mass is 32.2. The van der Waals surface area contributed by atoms with Crippen LogP contribution in [0.2, 0.25) is 0 Å². The van der Waals surface area contributed by atoms with Crippen molar-refractivity contribution >= 4 is 22.9 Å². The molecule has 90 valence electrons. The molecule has 0 bridgehead atoms. The van der Waals surface area contributed by atoms with E-state index in [1.165, 1.54) is 4.90 Å². The number of rotatable bonds is 3. The van der Waals surface area contributed by atoms with E-state index in [0.717, 1.165) is 17.3 Å². The van der Waals surface area contributed by atoms with Crippen molar-refractivity contribution in [3.8, 4) is 0 Å². The van der Waals surface area contributed by atoms with Gasteiger partial charge in [-0.3, -0.25) is 19.4 Å². The van der Waals surface area contributed by atoms with Crippen LogP contribution in [0.1, 0.15) is 5.56 Å². The van der Waals surface area contributed by atoms with E-state index in [-0.39, 0.29) is 16.5 Å². The summed E-state index contributed by atoms with van der Waals surface area (Å²) in [5, 5.41) is -0.552. The van der Waals surface area contributed by atoms with Gasteiger partial charge in [-0.1, -0.05) is 30.3 Å². The normalized spacial score (nSPS) is 20.4. The van der Waals surface area contributed by atoms with E-state index in [1.807, 2.05) is 30.3 Å². The molecule has 0 N–H and O–H groups in total. The summed E-state index contributed by atoms with van der Waals surface area (Å²) < 4.78 is 0. The molecule has 0 aliphatic carbocycles. The topological polar surface area (TPSA) is 40.6 Å². The number of nitrogens with zero attached hydrogens (tertiary/aromatic N) is 2. The molecule has 1 atom stereocenters. The van der Waals surface area contributed by atoms with Gasteiger partial charge in [0.1, 0.15) is 5.37 Å². The first-order valence-electron chi connectivity index (χ1n) is 5.32. The van der Waals surface area contributed by atoms with Crippen LogP contribution in [0.3, 0.4) is 0 Å². The van der Waals surface area contributed by atoms with E-state index in [2.05, 4.69) is 0 Å². The maximum Gasteiger partial charge on any atom is 0.290 e. The Morgan fingerprint density at radius 1 is 1.24 bits per heavy atom. The first-order valence-corrected chi connectivity index (χ1v) is 6.20. The summed E-state index contributed by atoms with van der Waals surface area (Å²) in [6.07, 6.45) is 0. The third-order valence-corrected chi connectivity index (χ3v) is 3.83. The largest absolute Gasteiger partial charge is 0.290 e. The highest BCUT2D eigenvalue weighted by Gasteiger charge is 2.40. The predicted octanol–water partition coefficient (Wildman–Crippen LogP) is 1.77. The van der Waals surface area contributed by atoms with Gasteiger partial charge < -0.3 is 0 Å². The van der Waals surface area contributed by atoms with Crippen molar-refractivity contribution in [2.75, 3.05) is 14.1 Å². The van der Waals surface area contributed by atoms with E-state index in [4.69, 9.17) is 0 Å². The van der Waals surface area contributed by atoms with Gasteiger partial charge in [0.25, 0.3) is 11.1 Å². The average Bonchev–Trinajstić information content (AvgIpc) is 2.58. The molecule has 1 aromatic carbocycles. The quantitative estimate of drug-likeness (QED) is 0.819. The second-order valence-corrected chi connectivity index (χ2v) is 5.14. The van der Waals surface area contributed by atoms with E-state index in [0.29, 0.717) is 6.54 Å². The summed E-state index contributed by atoms with van der Waals surface area (Å²) in [4.78, 5) is 26.8. The first kappa shape index (κ1) is 12.1. The minimum atomic E-state index is -0.383. The zero-order valence-corrected chi connectivity index (χ0v) is 10.6. The number of imide groups is 1. The molecule has 4 nitrogen and oxygen atoms in total. The monoisotopic (exact) mass is 250 g/mol. The van der Waals surface area contributed by atoms with Crippen LogP contribution >= 0.6 is 11.8 Å². The standard InChI is InChI=1S/C12H14N2O2S/c1-13(2)11-10(15)14(12(16)17-11)8-9-6-4-3-5-7-9/h3-7,11H,8H2,1-2H3. The molecule has 1 heterocycles. The fourth-order valence-corrected chi connectivity index (χ4v) is 2.58. The van der Waals surface area contributed by atoms with Crippen LogP contribution in [0.5, 0.6) is 0 Å². The van der Waals surface area contributed by atoms with Crippen LogP contribution in [0.25, 0.3) is 0 Å². The van der Waals surface area contributed by atoms with Crippen molar-refractivity contribution < 1.29 is 9.59 Å². The fraction of sp³-hybridized carbons (Fsp3) is 0.333. The Morgan fingerprint density at radius 2 is 1.88 bits per heavy atom. The molecular formula is C12H14N2O2S. The number of carbonyl (C=O) groups is 2. The summed E-state index contributed by atoms with van der Waals surface area (Å²) in [5.74, 6) is -0.131. The number of likely N-dealkylation sites (N-methyl/N-ethyl adjacent to an activating group) is 1.